The Morgan fingerprint density at radius 1 is 0.439 bits per heavy atom. The summed E-state index contributed by atoms with van der Waals surface area (Å²) in [7, 11) is 6.21. The maximum absolute atomic E-state index is 12.4. The standard InChI is InChI=1S/C36H70N2O3.C35H57NO5/c1-6-8-10-12-14-16-17-18-19-20-21-22-24-26-28-30-35(29-27-25-23-15-13-11-9-7-2)41-36(39)40-34-33-38(5)32-31-37(3)4;1-3-5-7-9-11-13-14-15-16-17-18-19-21-23-25-27-33(26-24-22-20-12-10-8-6-4-2)40-35(37)41-34-30-28-32(29-31-34)36(38)39/h14,16,18-19,35H,6-13,15,17,20-34H2,1-5H3;11,13,15-16,28-31,33H,3-10,12,14,17-27H2,1-2H3/b16-14-,19-18-;13-11-,16-15-. The summed E-state index contributed by atoms with van der Waals surface area (Å²) in [4.78, 5) is 39.6. The molecule has 0 aliphatic heterocycles. The molecule has 0 saturated heterocycles. The van der Waals surface area contributed by atoms with Crippen molar-refractivity contribution in [2.24, 2.45) is 0 Å². The largest absolute Gasteiger partial charge is 0.514 e. The van der Waals surface area contributed by atoms with Gasteiger partial charge in [-0.3, -0.25) is 10.1 Å². The molecule has 1 rings (SSSR count). The van der Waals surface area contributed by atoms with Gasteiger partial charge >= 0.3 is 12.3 Å². The number of likely N-dealkylation sites (N-methyl/N-ethyl adjacent to an activating group) is 2. The Kier molecular flexibility index (Phi) is 58.6. The van der Waals surface area contributed by atoms with E-state index in [1.54, 1.807) is 0 Å². The molecule has 0 radical (unpaired) electrons. The minimum atomic E-state index is -0.731. The number of nitro groups is 1. The van der Waals surface area contributed by atoms with Crippen molar-refractivity contribution in [3.05, 3.63) is 83.0 Å². The van der Waals surface area contributed by atoms with Crippen molar-refractivity contribution in [1.29, 1.82) is 0 Å². The molecule has 11 heteroatoms. The molecule has 1 aromatic carbocycles. The molecule has 2 atom stereocenters. The highest BCUT2D eigenvalue weighted by molar-refractivity contribution is 5.64. The van der Waals surface area contributed by atoms with E-state index in [1.165, 1.54) is 210 Å². The fraction of sp³-hybridized carbons (Fsp3) is 0.775. The first-order valence-corrected chi connectivity index (χ1v) is 34.0. The van der Waals surface area contributed by atoms with E-state index in [1.807, 2.05) is 0 Å². The molecule has 0 heterocycles. The Balaban J connectivity index is 0.00000160. The maximum Gasteiger partial charge on any atom is 0.514 e. The zero-order chi connectivity index (χ0) is 60.0. The highest BCUT2D eigenvalue weighted by Gasteiger charge is 2.18. The third kappa shape index (κ3) is 56.5. The molecule has 1 aromatic rings. The molecule has 0 fully saturated rings. The minimum Gasteiger partial charge on any atom is -0.433 e. The Morgan fingerprint density at radius 2 is 0.768 bits per heavy atom. The average Bonchev–Trinajstić information content (AvgIpc) is 3.46. The van der Waals surface area contributed by atoms with Crippen LogP contribution in [0.25, 0.3) is 0 Å². The number of unbranched alkanes of at least 4 members (excludes halogenated alkanes) is 30. The quantitative estimate of drug-likeness (QED) is 0.0156. The number of allylic oxidation sites excluding steroid dienone is 8. The first-order valence-electron chi connectivity index (χ1n) is 34.0. The van der Waals surface area contributed by atoms with Crippen LogP contribution in [0.5, 0.6) is 5.75 Å². The van der Waals surface area contributed by atoms with Crippen molar-refractivity contribution >= 4 is 18.0 Å². The average molecular weight is 1150 g/mol. The minimum absolute atomic E-state index is 0.00739. The highest BCUT2D eigenvalue weighted by atomic mass is 16.7. The number of carbonyl (C=O) groups excluding carboxylic acids is 2. The Bertz CT molecular complexity index is 1680. The first kappa shape index (κ1) is 78.0. The number of hydrogen-bond acceptors (Lipinski definition) is 10. The lowest BCUT2D eigenvalue weighted by Gasteiger charge is -2.20. The Hall–Kier alpha value is -3.96. The van der Waals surface area contributed by atoms with Crippen LogP contribution in [0.15, 0.2) is 72.9 Å². The van der Waals surface area contributed by atoms with Crippen LogP contribution in [-0.2, 0) is 14.2 Å². The van der Waals surface area contributed by atoms with E-state index in [-0.39, 0.29) is 23.6 Å². The molecule has 0 saturated carbocycles. The molecular weight excluding hydrogens is 1020 g/mol. The third-order valence-corrected chi connectivity index (χ3v) is 15.1. The SMILES string of the molecule is CCCCC/C=C\C/C=C\CCCCCCCC(CCCCCCCCCC)OC(=O)OCCN(C)CCN(C)C.CCCCC/C=C\C/C=C\CCCCCCCC(CCCCCCCCCC)OC(=O)Oc1ccc([N+](=O)[O-])cc1. The molecule has 474 valence electrons. The molecule has 0 aliphatic carbocycles. The first-order chi connectivity index (χ1) is 40.1. The molecule has 0 amide bonds. The van der Waals surface area contributed by atoms with Crippen molar-refractivity contribution in [3.8, 4) is 5.75 Å². The van der Waals surface area contributed by atoms with Crippen molar-refractivity contribution < 1.29 is 33.5 Å². The molecule has 0 aromatic heterocycles. The van der Waals surface area contributed by atoms with Crippen molar-refractivity contribution in [2.45, 2.75) is 310 Å². The molecule has 0 N–H and O–H groups in total. The van der Waals surface area contributed by atoms with Gasteiger partial charge in [0.05, 0.1) is 4.92 Å². The summed E-state index contributed by atoms with van der Waals surface area (Å²) in [6, 6.07) is 5.49. The maximum atomic E-state index is 12.4. The van der Waals surface area contributed by atoms with E-state index in [9.17, 15) is 19.7 Å². The number of ether oxygens (including phenoxy) is 4. The van der Waals surface area contributed by atoms with E-state index >= 15 is 0 Å². The third-order valence-electron chi connectivity index (χ3n) is 15.1. The van der Waals surface area contributed by atoms with E-state index in [0.717, 1.165) is 103 Å². The van der Waals surface area contributed by atoms with Crippen LogP contribution in [0.4, 0.5) is 15.3 Å². The molecule has 11 nitrogen and oxygen atoms in total. The van der Waals surface area contributed by atoms with Gasteiger partial charge in [0.15, 0.2) is 0 Å². The monoisotopic (exact) mass is 1150 g/mol. The smallest absolute Gasteiger partial charge is 0.433 e. The van der Waals surface area contributed by atoms with Gasteiger partial charge in [-0.15, -0.1) is 0 Å². The molecule has 82 heavy (non-hydrogen) atoms. The van der Waals surface area contributed by atoms with Crippen LogP contribution in [0.1, 0.15) is 297 Å². The molecule has 0 aliphatic rings. The van der Waals surface area contributed by atoms with Gasteiger partial charge in [-0.1, -0.05) is 230 Å². The second-order valence-electron chi connectivity index (χ2n) is 23.4. The number of nitrogens with zero attached hydrogens (tertiary/aromatic N) is 3. The molecule has 2 unspecified atom stereocenters. The zero-order valence-electron chi connectivity index (χ0n) is 54.2. The fourth-order valence-electron chi connectivity index (χ4n) is 9.73. The van der Waals surface area contributed by atoms with E-state index in [2.05, 4.69) is 107 Å². The van der Waals surface area contributed by atoms with Gasteiger partial charge in [-0.05, 0) is 149 Å². The van der Waals surface area contributed by atoms with Crippen molar-refractivity contribution in [3.63, 3.8) is 0 Å². The van der Waals surface area contributed by atoms with Crippen molar-refractivity contribution in [2.75, 3.05) is 47.4 Å². The van der Waals surface area contributed by atoms with E-state index in [4.69, 9.17) is 18.9 Å². The molecular formula is C71H127N3O8. The predicted octanol–water partition coefficient (Wildman–Crippen LogP) is 22.2. The fourth-order valence-corrected chi connectivity index (χ4v) is 9.73. The van der Waals surface area contributed by atoms with Crippen LogP contribution in [-0.4, -0.2) is 86.6 Å². The number of hydrogen-bond donors (Lipinski definition) is 0. The van der Waals surface area contributed by atoms with Crippen LogP contribution in [0, 0.1) is 10.1 Å². The van der Waals surface area contributed by atoms with Crippen molar-refractivity contribution in [1.82, 2.24) is 9.80 Å². The van der Waals surface area contributed by atoms with Gasteiger partial charge < -0.3 is 28.7 Å². The van der Waals surface area contributed by atoms with Gasteiger partial charge in [0, 0.05) is 31.8 Å². The lowest BCUT2D eigenvalue weighted by Crippen LogP contribution is -2.31. The summed E-state index contributed by atoms with van der Waals surface area (Å²) in [5.74, 6) is 0.253. The Labute approximate surface area is 504 Å². The number of carbonyl (C=O) groups is 2. The summed E-state index contributed by atoms with van der Waals surface area (Å²) < 4.78 is 22.2. The lowest BCUT2D eigenvalue weighted by molar-refractivity contribution is -0.384. The summed E-state index contributed by atoms with van der Waals surface area (Å²) in [6.07, 6.45) is 67.7. The van der Waals surface area contributed by atoms with Crippen LogP contribution < -0.4 is 4.74 Å². The highest BCUT2D eigenvalue weighted by Crippen LogP contribution is 2.22. The van der Waals surface area contributed by atoms with Gasteiger partial charge in [0.25, 0.3) is 5.69 Å². The molecule has 0 bridgehead atoms. The van der Waals surface area contributed by atoms with Crippen LogP contribution in [0.3, 0.4) is 0 Å². The number of non-ortho nitro benzene ring substituents is 1. The van der Waals surface area contributed by atoms with Gasteiger partial charge in [-0.25, -0.2) is 9.59 Å². The number of benzene rings is 1. The Morgan fingerprint density at radius 3 is 1.13 bits per heavy atom. The second-order valence-corrected chi connectivity index (χ2v) is 23.4. The lowest BCUT2D eigenvalue weighted by atomic mass is 10.0. The van der Waals surface area contributed by atoms with Gasteiger partial charge in [0.1, 0.15) is 24.6 Å². The van der Waals surface area contributed by atoms with Crippen LogP contribution >= 0.6 is 0 Å². The zero-order valence-corrected chi connectivity index (χ0v) is 54.2. The summed E-state index contributed by atoms with van der Waals surface area (Å²) in [5.41, 5.74) is -0.0420. The van der Waals surface area contributed by atoms with E-state index in [0.29, 0.717) is 6.61 Å². The normalized spacial score (nSPS) is 12.5. The van der Waals surface area contributed by atoms with Gasteiger partial charge in [-0.2, -0.15) is 0 Å². The van der Waals surface area contributed by atoms with Gasteiger partial charge in [0.2, 0.25) is 0 Å². The number of nitro benzene ring substituents is 1. The van der Waals surface area contributed by atoms with E-state index < -0.39 is 17.2 Å². The summed E-state index contributed by atoms with van der Waals surface area (Å²) >= 11 is 0. The predicted molar refractivity (Wildman–Crippen MR) is 349 cm³/mol. The second kappa shape index (κ2) is 61.6. The summed E-state index contributed by atoms with van der Waals surface area (Å²) in [6.45, 7) is 12.1. The summed E-state index contributed by atoms with van der Waals surface area (Å²) in [5, 5.41) is 10.8. The molecule has 0 spiro atoms. The number of rotatable bonds is 56. The topological polar surface area (TPSA) is 121 Å². The van der Waals surface area contributed by atoms with Crippen LogP contribution in [0.2, 0.25) is 0 Å².